The van der Waals surface area contributed by atoms with Crippen LogP contribution in [-0.4, -0.2) is 42.0 Å². The summed E-state index contributed by atoms with van der Waals surface area (Å²) in [5, 5.41) is 9.03. The number of guanidine groups is 1. The lowest BCUT2D eigenvalue weighted by Crippen LogP contribution is -2.42. The van der Waals surface area contributed by atoms with Crippen molar-refractivity contribution in [1.82, 2.24) is 20.5 Å². The van der Waals surface area contributed by atoms with E-state index in [1.54, 1.807) is 6.26 Å². The Morgan fingerprint density at radius 1 is 1.16 bits per heavy atom. The maximum Gasteiger partial charge on any atom is 0.226 e. The first-order valence-corrected chi connectivity index (χ1v) is 11.9. The summed E-state index contributed by atoms with van der Waals surface area (Å²) < 4.78 is 5.62. The number of oxazole rings is 1. The molecule has 2 N–H and O–H groups in total. The van der Waals surface area contributed by atoms with Gasteiger partial charge in [-0.15, -0.1) is 11.3 Å². The zero-order valence-corrected chi connectivity index (χ0v) is 18.9. The number of hydrogen-bond donors (Lipinski definition) is 2. The van der Waals surface area contributed by atoms with Gasteiger partial charge in [0.1, 0.15) is 12.0 Å². The number of benzene rings is 1. The number of hydrogen-bond acceptors (Lipinski definition) is 5. The molecule has 0 unspecified atom stereocenters. The van der Waals surface area contributed by atoms with E-state index in [2.05, 4.69) is 45.0 Å². The molecule has 2 aromatic heterocycles. The zero-order chi connectivity index (χ0) is 21.3. The third-order valence-corrected chi connectivity index (χ3v) is 6.40. The molecule has 164 valence electrons. The normalized spacial score (nSPS) is 15.8. The van der Waals surface area contributed by atoms with Crippen molar-refractivity contribution >= 4 is 17.3 Å². The second-order valence-corrected chi connectivity index (χ2v) is 8.92. The quantitative estimate of drug-likeness (QED) is 0.405. The van der Waals surface area contributed by atoms with E-state index in [1.807, 2.05) is 41.7 Å². The van der Waals surface area contributed by atoms with Crippen molar-refractivity contribution in [2.24, 2.45) is 10.9 Å². The summed E-state index contributed by atoms with van der Waals surface area (Å²) in [4.78, 5) is 13.3. The highest BCUT2D eigenvalue weighted by atomic mass is 32.1. The lowest BCUT2D eigenvalue weighted by Gasteiger charge is -2.32. The first kappa shape index (κ1) is 21.6. The highest BCUT2D eigenvalue weighted by Crippen LogP contribution is 2.20. The van der Waals surface area contributed by atoms with Gasteiger partial charge in [-0.25, -0.2) is 9.98 Å². The highest BCUT2D eigenvalue weighted by molar-refractivity contribution is 7.09. The molecule has 0 bridgehead atoms. The number of thiophene rings is 1. The number of likely N-dealkylation sites (tertiary alicyclic amines) is 1. The van der Waals surface area contributed by atoms with E-state index in [0.29, 0.717) is 18.4 Å². The Hall–Kier alpha value is -2.64. The fourth-order valence-electron chi connectivity index (χ4n) is 3.81. The molecule has 0 radical (unpaired) electrons. The Morgan fingerprint density at radius 3 is 2.74 bits per heavy atom. The summed E-state index contributed by atoms with van der Waals surface area (Å²) >= 11 is 1.85. The molecule has 0 aliphatic carbocycles. The monoisotopic (exact) mass is 437 g/mol. The minimum Gasteiger partial charge on any atom is -0.444 e. The van der Waals surface area contributed by atoms with Crippen LogP contribution in [0.5, 0.6) is 0 Å². The molecule has 0 amide bonds. The van der Waals surface area contributed by atoms with Crippen LogP contribution >= 0.6 is 11.3 Å². The third-order valence-electron chi connectivity index (χ3n) is 5.54. The van der Waals surface area contributed by atoms with Crippen molar-refractivity contribution in [3.63, 3.8) is 0 Å². The Labute approximate surface area is 188 Å². The van der Waals surface area contributed by atoms with Crippen LogP contribution in [0.15, 0.2) is 63.5 Å². The Kier molecular flexibility index (Phi) is 7.74. The summed E-state index contributed by atoms with van der Waals surface area (Å²) in [6.07, 6.45) is 4.14. The molecule has 0 saturated carbocycles. The molecule has 7 heteroatoms. The van der Waals surface area contributed by atoms with Crippen LogP contribution in [0, 0.1) is 5.92 Å². The maximum atomic E-state index is 5.62. The topological polar surface area (TPSA) is 65.7 Å². The third kappa shape index (κ3) is 6.42. The molecule has 4 rings (SSSR count). The first-order valence-electron chi connectivity index (χ1n) is 11.1. The van der Waals surface area contributed by atoms with Crippen LogP contribution in [0.2, 0.25) is 0 Å². The van der Waals surface area contributed by atoms with Gasteiger partial charge >= 0.3 is 0 Å². The summed E-state index contributed by atoms with van der Waals surface area (Å²) in [6, 6.07) is 14.3. The van der Waals surface area contributed by atoms with Crippen LogP contribution in [0.1, 0.15) is 30.3 Å². The number of aliphatic imine (C=N–C) groups is 1. The number of nitrogens with zero attached hydrogens (tertiary/aromatic N) is 3. The van der Waals surface area contributed by atoms with Crippen LogP contribution in [0.25, 0.3) is 11.5 Å². The van der Waals surface area contributed by atoms with E-state index in [1.165, 1.54) is 30.8 Å². The van der Waals surface area contributed by atoms with E-state index in [9.17, 15) is 0 Å². The smallest absolute Gasteiger partial charge is 0.226 e. The van der Waals surface area contributed by atoms with Crippen LogP contribution in [0.4, 0.5) is 0 Å². The molecular weight excluding hydrogens is 406 g/mol. The summed E-state index contributed by atoms with van der Waals surface area (Å²) in [5.74, 6) is 2.16. The largest absolute Gasteiger partial charge is 0.444 e. The molecule has 0 spiro atoms. The van der Waals surface area contributed by atoms with Gasteiger partial charge in [0.25, 0.3) is 0 Å². The highest BCUT2D eigenvalue weighted by Gasteiger charge is 2.19. The van der Waals surface area contributed by atoms with Crippen molar-refractivity contribution in [3.8, 4) is 11.5 Å². The Morgan fingerprint density at radius 2 is 2.00 bits per heavy atom. The molecular formula is C24H31N5OS. The number of nitrogens with one attached hydrogen (secondary N) is 2. The second kappa shape index (κ2) is 11.1. The molecule has 6 nitrogen and oxygen atoms in total. The van der Waals surface area contributed by atoms with Crippen molar-refractivity contribution in [2.45, 2.75) is 32.9 Å². The summed E-state index contributed by atoms with van der Waals surface area (Å²) in [7, 11) is 0. The minimum atomic E-state index is 0.491. The minimum absolute atomic E-state index is 0.491. The molecule has 1 aliphatic rings. The molecule has 1 aliphatic heterocycles. The lowest BCUT2D eigenvalue weighted by molar-refractivity contribution is 0.179. The standard InChI is InChI=1S/C24H31N5OS/c1-2-25-24(27-16-21-18-30-23(28-21)20-7-4-3-5-8-20)26-15-19-10-12-29(13-11-19)17-22-9-6-14-31-22/h3-9,14,18-19H,2,10-13,15-17H2,1H3,(H2,25,26,27). The lowest BCUT2D eigenvalue weighted by atomic mass is 9.97. The fourth-order valence-corrected chi connectivity index (χ4v) is 4.55. The molecule has 31 heavy (non-hydrogen) atoms. The van der Waals surface area contributed by atoms with E-state index >= 15 is 0 Å². The van der Waals surface area contributed by atoms with E-state index in [4.69, 9.17) is 9.41 Å². The maximum absolute atomic E-state index is 5.62. The van der Waals surface area contributed by atoms with Crippen LogP contribution in [-0.2, 0) is 13.1 Å². The van der Waals surface area contributed by atoms with Crippen LogP contribution < -0.4 is 10.6 Å². The Bertz CT molecular complexity index is 930. The fraction of sp³-hybridized carbons (Fsp3) is 0.417. The zero-order valence-electron chi connectivity index (χ0n) is 18.1. The first-order chi connectivity index (χ1) is 15.3. The predicted molar refractivity (Wildman–Crippen MR) is 127 cm³/mol. The number of aromatic nitrogens is 1. The Balaban J connectivity index is 1.24. The van der Waals surface area contributed by atoms with Crippen molar-refractivity contribution in [3.05, 3.63) is 64.7 Å². The van der Waals surface area contributed by atoms with E-state index < -0.39 is 0 Å². The van der Waals surface area contributed by atoms with Gasteiger partial charge in [0.05, 0.1) is 6.54 Å². The average Bonchev–Trinajstić information content (AvgIpc) is 3.50. The average molecular weight is 438 g/mol. The SMILES string of the molecule is CCNC(=NCc1coc(-c2ccccc2)n1)NCC1CCN(Cc2cccs2)CC1. The number of piperidine rings is 1. The molecule has 3 aromatic rings. The van der Waals surface area contributed by atoms with Crippen molar-refractivity contribution < 1.29 is 4.42 Å². The molecule has 1 saturated heterocycles. The van der Waals surface area contributed by atoms with Crippen LogP contribution in [0.3, 0.4) is 0 Å². The van der Waals surface area contributed by atoms with Crippen molar-refractivity contribution in [2.75, 3.05) is 26.2 Å². The number of rotatable bonds is 8. The molecule has 3 heterocycles. The summed E-state index contributed by atoms with van der Waals surface area (Å²) in [6.45, 7) is 7.78. The van der Waals surface area contributed by atoms with Gasteiger partial charge in [-0.2, -0.15) is 0 Å². The van der Waals surface area contributed by atoms with Crippen molar-refractivity contribution in [1.29, 1.82) is 0 Å². The molecule has 1 aromatic carbocycles. The van der Waals surface area contributed by atoms with Gasteiger partial charge in [0.15, 0.2) is 5.96 Å². The van der Waals surface area contributed by atoms with Gasteiger partial charge in [0.2, 0.25) is 5.89 Å². The molecule has 0 atom stereocenters. The van der Waals surface area contributed by atoms with Gasteiger partial charge in [-0.05, 0) is 62.4 Å². The van der Waals surface area contributed by atoms with E-state index in [-0.39, 0.29) is 0 Å². The van der Waals surface area contributed by atoms with Gasteiger partial charge in [-0.1, -0.05) is 24.3 Å². The van der Waals surface area contributed by atoms with Gasteiger partial charge < -0.3 is 15.1 Å². The van der Waals surface area contributed by atoms with Gasteiger partial charge in [-0.3, -0.25) is 4.90 Å². The van der Waals surface area contributed by atoms with E-state index in [0.717, 1.165) is 36.9 Å². The second-order valence-electron chi connectivity index (χ2n) is 7.88. The van der Waals surface area contributed by atoms with Gasteiger partial charge in [0, 0.05) is 30.1 Å². The summed E-state index contributed by atoms with van der Waals surface area (Å²) in [5.41, 5.74) is 1.81. The predicted octanol–water partition coefficient (Wildman–Crippen LogP) is 4.37. The molecule has 1 fully saturated rings.